The molecule has 2 saturated heterocycles. The molecule has 1 aromatic rings. The van der Waals surface area contributed by atoms with Crippen LogP contribution in [0, 0.1) is 5.82 Å². The van der Waals surface area contributed by atoms with Gasteiger partial charge in [0.05, 0.1) is 5.02 Å². The molecule has 0 bridgehead atoms. The van der Waals surface area contributed by atoms with Crippen molar-refractivity contribution in [3.63, 3.8) is 0 Å². The van der Waals surface area contributed by atoms with E-state index in [1.165, 1.54) is 22.5 Å². The van der Waals surface area contributed by atoms with Crippen molar-refractivity contribution < 1.29 is 12.8 Å². The average Bonchev–Trinajstić information content (AvgIpc) is 2.89. The van der Waals surface area contributed by atoms with Crippen LogP contribution in [0.4, 0.5) is 4.39 Å². The van der Waals surface area contributed by atoms with Gasteiger partial charge in [0.15, 0.2) is 5.82 Å². The van der Waals surface area contributed by atoms with Crippen LogP contribution in [0.5, 0.6) is 0 Å². The van der Waals surface area contributed by atoms with Crippen LogP contribution in [-0.4, -0.2) is 48.8 Å². The first-order valence-corrected chi connectivity index (χ1v) is 10.4. The molecule has 0 amide bonds. The molecular weight excluding hydrogens is 351 g/mol. The summed E-state index contributed by atoms with van der Waals surface area (Å²) >= 11 is 5.76. The van der Waals surface area contributed by atoms with Gasteiger partial charge in [-0.1, -0.05) is 17.7 Å². The molecule has 24 heavy (non-hydrogen) atoms. The molecule has 0 unspecified atom stereocenters. The molecule has 0 N–H and O–H groups in total. The van der Waals surface area contributed by atoms with E-state index in [0.717, 1.165) is 25.7 Å². The van der Waals surface area contributed by atoms with E-state index in [9.17, 15) is 12.8 Å². The van der Waals surface area contributed by atoms with Crippen LogP contribution < -0.4 is 0 Å². The second-order valence-corrected chi connectivity index (χ2v) is 9.25. The van der Waals surface area contributed by atoms with Crippen LogP contribution in [0.1, 0.15) is 39.5 Å². The monoisotopic (exact) mass is 374 g/mol. The summed E-state index contributed by atoms with van der Waals surface area (Å²) in [5.74, 6) is -0.857. The number of piperidine rings is 1. The lowest BCUT2D eigenvalue weighted by atomic mass is 10.0. The number of halogens is 2. The Kier molecular flexibility index (Phi) is 5.21. The summed E-state index contributed by atoms with van der Waals surface area (Å²) < 4.78 is 41.4. The third-order valence-electron chi connectivity index (χ3n) is 5.34. The summed E-state index contributed by atoms with van der Waals surface area (Å²) in [6.45, 7) is 5.26. The number of nitrogens with zero attached hydrogens (tertiary/aromatic N) is 2. The molecule has 0 spiro atoms. The van der Waals surface area contributed by atoms with E-state index in [-0.39, 0.29) is 16.0 Å². The van der Waals surface area contributed by atoms with Gasteiger partial charge in [-0.3, -0.25) is 4.90 Å². The number of hydrogen-bond acceptors (Lipinski definition) is 3. The topological polar surface area (TPSA) is 40.6 Å². The highest BCUT2D eigenvalue weighted by Crippen LogP contribution is 2.32. The third-order valence-corrected chi connectivity index (χ3v) is 7.51. The quantitative estimate of drug-likeness (QED) is 0.813. The maximum atomic E-state index is 14.2. The van der Waals surface area contributed by atoms with Crippen molar-refractivity contribution in [1.29, 1.82) is 0 Å². The lowest BCUT2D eigenvalue weighted by Crippen LogP contribution is -2.52. The lowest BCUT2D eigenvalue weighted by molar-refractivity contribution is 0.0979. The van der Waals surface area contributed by atoms with Gasteiger partial charge in [-0.2, -0.15) is 4.31 Å². The molecular formula is C17H24ClFN2O2S. The van der Waals surface area contributed by atoms with Crippen molar-refractivity contribution in [2.24, 2.45) is 0 Å². The maximum absolute atomic E-state index is 14.2. The molecule has 4 nitrogen and oxygen atoms in total. The standard InChI is InChI=1S/C17H24ClFN2O2S/c1-12-8-9-13(2)21(12)14-5-4-10-20(11-14)24(22,23)16-7-3-6-15(18)17(16)19/h3,6-7,12-14H,4-5,8-11H2,1-2H3/t12-,13-,14+/m1/s1. The minimum absolute atomic E-state index is 0.161. The molecule has 0 saturated carbocycles. The summed E-state index contributed by atoms with van der Waals surface area (Å²) in [7, 11) is -3.87. The van der Waals surface area contributed by atoms with Crippen molar-refractivity contribution in [1.82, 2.24) is 9.21 Å². The Morgan fingerprint density at radius 1 is 1.17 bits per heavy atom. The second-order valence-electron chi connectivity index (χ2n) is 6.93. The van der Waals surface area contributed by atoms with Gasteiger partial charge in [-0.05, 0) is 51.7 Å². The summed E-state index contributed by atoms with van der Waals surface area (Å²) in [5, 5.41) is -0.161. The molecule has 7 heteroatoms. The molecule has 0 radical (unpaired) electrons. The predicted molar refractivity (Wildman–Crippen MR) is 93.2 cm³/mol. The molecule has 3 atom stereocenters. The molecule has 2 heterocycles. The second kappa shape index (κ2) is 6.90. The largest absolute Gasteiger partial charge is 0.294 e. The molecule has 0 aromatic heterocycles. The smallest absolute Gasteiger partial charge is 0.246 e. The summed E-state index contributed by atoms with van der Waals surface area (Å²) in [6.07, 6.45) is 4.07. The normalized spacial score (nSPS) is 29.9. The van der Waals surface area contributed by atoms with E-state index in [1.54, 1.807) is 0 Å². The zero-order chi connectivity index (χ0) is 17.5. The first-order valence-electron chi connectivity index (χ1n) is 8.54. The fraction of sp³-hybridized carbons (Fsp3) is 0.647. The lowest BCUT2D eigenvalue weighted by Gasteiger charge is -2.41. The van der Waals surface area contributed by atoms with Gasteiger partial charge in [0, 0.05) is 31.2 Å². The van der Waals surface area contributed by atoms with E-state index < -0.39 is 15.8 Å². The van der Waals surface area contributed by atoms with Crippen molar-refractivity contribution in [2.45, 2.75) is 62.6 Å². The van der Waals surface area contributed by atoms with Crippen molar-refractivity contribution in [3.05, 3.63) is 29.0 Å². The van der Waals surface area contributed by atoms with Gasteiger partial charge in [-0.15, -0.1) is 0 Å². The number of benzene rings is 1. The molecule has 2 fully saturated rings. The van der Waals surface area contributed by atoms with Gasteiger partial charge >= 0.3 is 0 Å². The molecule has 2 aliphatic rings. The third kappa shape index (κ3) is 3.21. The predicted octanol–water partition coefficient (Wildman–Crippen LogP) is 3.51. The van der Waals surface area contributed by atoms with Crippen LogP contribution in [0.25, 0.3) is 0 Å². The van der Waals surface area contributed by atoms with E-state index in [1.807, 2.05) is 0 Å². The van der Waals surface area contributed by atoms with Crippen molar-refractivity contribution in [2.75, 3.05) is 13.1 Å². The van der Waals surface area contributed by atoms with Crippen molar-refractivity contribution in [3.8, 4) is 0 Å². The van der Waals surface area contributed by atoms with Gasteiger partial charge in [-0.25, -0.2) is 12.8 Å². The van der Waals surface area contributed by atoms with Crippen LogP contribution in [0.3, 0.4) is 0 Å². The molecule has 2 aliphatic heterocycles. The Hall–Kier alpha value is -0.690. The Bertz CT molecular complexity index is 703. The highest BCUT2D eigenvalue weighted by atomic mass is 35.5. The number of rotatable bonds is 3. The van der Waals surface area contributed by atoms with Crippen LogP contribution in [0.15, 0.2) is 23.1 Å². The van der Waals surface area contributed by atoms with Gasteiger partial charge < -0.3 is 0 Å². The average molecular weight is 375 g/mol. The fourth-order valence-corrected chi connectivity index (χ4v) is 5.97. The zero-order valence-electron chi connectivity index (χ0n) is 14.1. The molecule has 134 valence electrons. The molecule has 3 rings (SSSR count). The summed E-state index contributed by atoms with van der Waals surface area (Å²) in [4.78, 5) is 2.12. The van der Waals surface area contributed by atoms with Crippen LogP contribution in [0.2, 0.25) is 5.02 Å². The van der Waals surface area contributed by atoms with Gasteiger partial charge in [0.1, 0.15) is 4.90 Å². The minimum atomic E-state index is -3.87. The van der Waals surface area contributed by atoms with Crippen molar-refractivity contribution >= 4 is 21.6 Å². The van der Waals surface area contributed by atoms with Gasteiger partial charge in [0.25, 0.3) is 0 Å². The summed E-state index contributed by atoms with van der Waals surface area (Å²) in [5.41, 5.74) is 0. The SMILES string of the molecule is C[C@@H]1CC[C@@H](C)N1[C@H]1CCCN(S(=O)(=O)c2cccc(Cl)c2F)C1. The number of sulfonamides is 1. The maximum Gasteiger partial charge on any atom is 0.246 e. The Morgan fingerprint density at radius 3 is 2.50 bits per heavy atom. The summed E-state index contributed by atoms with van der Waals surface area (Å²) in [6, 6.07) is 5.27. The minimum Gasteiger partial charge on any atom is -0.294 e. The highest BCUT2D eigenvalue weighted by molar-refractivity contribution is 7.89. The fourth-order valence-electron chi connectivity index (χ4n) is 4.14. The van der Waals surface area contributed by atoms with Crippen LogP contribution >= 0.6 is 11.6 Å². The number of likely N-dealkylation sites (tertiary alicyclic amines) is 1. The van der Waals surface area contributed by atoms with Crippen LogP contribution in [-0.2, 0) is 10.0 Å². The zero-order valence-corrected chi connectivity index (χ0v) is 15.7. The first kappa shape index (κ1) is 18.1. The number of hydrogen-bond donors (Lipinski definition) is 0. The Morgan fingerprint density at radius 2 is 1.83 bits per heavy atom. The Balaban J connectivity index is 1.85. The van der Waals surface area contributed by atoms with E-state index >= 15 is 0 Å². The highest BCUT2D eigenvalue weighted by Gasteiger charge is 2.39. The van der Waals surface area contributed by atoms with E-state index in [4.69, 9.17) is 11.6 Å². The van der Waals surface area contributed by atoms with E-state index in [2.05, 4.69) is 18.7 Å². The molecule has 0 aliphatic carbocycles. The Labute approximate surface area is 148 Å². The first-order chi connectivity index (χ1) is 11.3. The van der Waals surface area contributed by atoms with E-state index in [0.29, 0.717) is 25.2 Å². The molecule has 1 aromatic carbocycles. The van der Waals surface area contributed by atoms with Gasteiger partial charge in [0.2, 0.25) is 10.0 Å².